The highest BCUT2D eigenvalue weighted by molar-refractivity contribution is 5.76. The summed E-state index contributed by atoms with van der Waals surface area (Å²) in [5, 5.41) is 0. The summed E-state index contributed by atoms with van der Waals surface area (Å²) >= 11 is 0. The lowest BCUT2D eigenvalue weighted by atomic mass is 9.97. The van der Waals surface area contributed by atoms with Crippen LogP contribution >= 0.6 is 0 Å². The zero-order valence-electron chi connectivity index (χ0n) is 9.97. The van der Waals surface area contributed by atoms with E-state index in [2.05, 4.69) is 6.92 Å². The number of nitrogens with two attached hydrogens (primary N) is 1. The minimum absolute atomic E-state index is 0.106. The Morgan fingerprint density at radius 1 is 1.43 bits per heavy atom. The summed E-state index contributed by atoms with van der Waals surface area (Å²) in [6.45, 7) is 9.57. The third kappa shape index (κ3) is 3.29. The van der Waals surface area contributed by atoms with Crippen molar-refractivity contribution in [1.82, 2.24) is 4.90 Å². The molecular weight excluding hydrogens is 176 g/mol. The SMILES string of the molecule is CC.CCC(=O)N1CCC(N)(CC)C1. The second-order valence-corrected chi connectivity index (χ2v) is 3.63. The molecule has 1 amide bonds. The summed E-state index contributed by atoms with van der Waals surface area (Å²) in [7, 11) is 0. The largest absolute Gasteiger partial charge is 0.341 e. The Morgan fingerprint density at radius 2 is 2.00 bits per heavy atom. The molecule has 3 heteroatoms. The maximum Gasteiger partial charge on any atom is 0.222 e. The monoisotopic (exact) mass is 200 g/mol. The molecule has 1 saturated heterocycles. The van der Waals surface area contributed by atoms with Crippen molar-refractivity contribution in [2.24, 2.45) is 5.73 Å². The van der Waals surface area contributed by atoms with Crippen LogP contribution in [0.15, 0.2) is 0 Å². The molecule has 0 radical (unpaired) electrons. The predicted molar refractivity (Wildman–Crippen MR) is 60.0 cm³/mol. The van der Waals surface area contributed by atoms with Gasteiger partial charge in [-0.15, -0.1) is 0 Å². The van der Waals surface area contributed by atoms with Crippen molar-refractivity contribution in [1.29, 1.82) is 0 Å². The first-order valence-electron chi connectivity index (χ1n) is 5.68. The number of hydrogen-bond acceptors (Lipinski definition) is 2. The van der Waals surface area contributed by atoms with E-state index in [0.29, 0.717) is 6.42 Å². The Morgan fingerprint density at radius 3 is 2.36 bits per heavy atom. The van der Waals surface area contributed by atoms with Crippen molar-refractivity contribution in [3.05, 3.63) is 0 Å². The van der Waals surface area contributed by atoms with Crippen LogP contribution in [0.3, 0.4) is 0 Å². The third-order valence-electron chi connectivity index (χ3n) is 2.74. The molecule has 0 saturated carbocycles. The van der Waals surface area contributed by atoms with Gasteiger partial charge < -0.3 is 10.6 Å². The van der Waals surface area contributed by atoms with Gasteiger partial charge >= 0.3 is 0 Å². The lowest BCUT2D eigenvalue weighted by Crippen LogP contribution is -2.43. The summed E-state index contributed by atoms with van der Waals surface area (Å²) in [6, 6.07) is 0. The fraction of sp³-hybridized carbons (Fsp3) is 0.909. The maximum absolute atomic E-state index is 11.3. The number of amides is 1. The van der Waals surface area contributed by atoms with Gasteiger partial charge in [-0.25, -0.2) is 0 Å². The van der Waals surface area contributed by atoms with Gasteiger partial charge in [-0.1, -0.05) is 27.7 Å². The molecule has 1 unspecified atom stereocenters. The minimum atomic E-state index is -0.106. The normalized spacial score (nSPS) is 25.6. The van der Waals surface area contributed by atoms with Gasteiger partial charge in [0, 0.05) is 25.0 Å². The van der Waals surface area contributed by atoms with E-state index in [-0.39, 0.29) is 11.4 Å². The third-order valence-corrected chi connectivity index (χ3v) is 2.74. The van der Waals surface area contributed by atoms with Gasteiger partial charge in [-0.2, -0.15) is 0 Å². The molecule has 2 N–H and O–H groups in total. The van der Waals surface area contributed by atoms with Crippen LogP contribution in [-0.2, 0) is 4.79 Å². The molecule has 1 aliphatic heterocycles. The summed E-state index contributed by atoms with van der Waals surface area (Å²) in [5.41, 5.74) is 5.94. The Balaban J connectivity index is 0.000000791. The van der Waals surface area contributed by atoms with E-state index in [1.165, 1.54) is 0 Å². The Hall–Kier alpha value is -0.570. The molecule has 1 rings (SSSR count). The molecule has 1 atom stereocenters. The van der Waals surface area contributed by atoms with Crippen molar-refractivity contribution >= 4 is 5.91 Å². The van der Waals surface area contributed by atoms with Crippen LogP contribution in [0.4, 0.5) is 0 Å². The quantitative estimate of drug-likeness (QED) is 0.738. The van der Waals surface area contributed by atoms with Crippen LogP contribution in [0.5, 0.6) is 0 Å². The van der Waals surface area contributed by atoms with E-state index in [9.17, 15) is 4.79 Å². The molecule has 0 aromatic carbocycles. The second kappa shape index (κ2) is 6.02. The van der Waals surface area contributed by atoms with Crippen LogP contribution in [0, 0.1) is 0 Å². The standard InChI is InChI=1S/C9H18N2O.C2H6/c1-3-8(12)11-6-5-9(10,4-2)7-11;1-2/h3-7,10H2,1-2H3;1-2H3. The van der Waals surface area contributed by atoms with Gasteiger partial charge in [0.05, 0.1) is 0 Å². The van der Waals surface area contributed by atoms with E-state index < -0.39 is 0 Å². The van der Waals surface area contributed by atoms with Gasteiger partial charge in [0.25, 0.3) is 0 Å². The highest BCUT2D eigenvalue weighted by atomic mass is 16.2. The van der Waals surface area contributed by atoms with Crippen molar-refractivity contribution in [2.75, 3.05) is 13.1 Å². The van der Waals surface area contributed by atoms with Crippen LogP contribution in [0.2, 0.25) is 0 Å². The van der Waals surface area contributed by atoms with Crippen molar-refractivity contribution in [3.63, 3.8) is 0 Å². The number of likely N-dealkylation sites (tertiary alicyclic amines) is 1. The van der Waals surface area contributed by atoms with E-state index in [0.717, 1.165) is 25.9 Å². The fourth-order valence-corrected chi connectivity index (χ4v) is 1.62. The van der Waals surface area contributed by atoms with E-state index in [1.54, 1.807) is 0 Å². The van der Waals surface area contributed by atoms with Gasteiger partial charge in [0.15, 0.2) is 0 Å². The van der Waals surface area contributed by atoms with Gasteiger partial charge in [-0.05, 0) is 12.8 Å². The first-order chi connectivity index (χ1) is 6.61. The lowest BCUT2D eigenvalue weighted by Gasteiger charge is -2.22. The Labute approximate surface area is 87.6 Å². The minimum Gasteiger partial charge on any atom is -0.341 e. The second-order valence-electron chi connectivity index (χ2n) is 3.63. The Bertz CT molecular complexity index is 182. The lowest BCUT2D eigenvalue weighted by molar-refractivity contribution is -0.130. The molecule has 0 aromatic heterocycles. The first-order valence-corrected chi connectivity index (χ1v) is 5.68. The van der Waals surface area contributed by atoms with Crippen molar-refractivity contribution in [2.45, 2.75) is 52.5 Å². The molecule has 14 heavy (non-hydrogen) atoms. The summed E-state index contributed by atoms with van der Waals surface area (Å²) in [5.74, 6) is 0.232. The van der Waals surface area contributed by atoms with Crippen LogP contribution in [0.25, 0.3) is 0 Å². The summed E-state index contributed by atoms with van der Waals surface area (Å²) in [6.07, 6.45) is 2.51. The smallest absolute Gasteiger partial charge is 0.222 e. The zero-order valence-corrected chi connectivity index (χ0v) is 9.97. The topological polar surface area (TPSA) is 46.3 Å². The highest BCUT2D eigenvalue weighted by Gasteiger charge is 2.34. The maximum atomic E-state index is 11.3. The molecule has 0 aromatic rings. The van der Waals surface area contributed by atoms with Gasteiger partial charge in [0.2, 0.25) is 5.91 Å². The zero-order chi connectivity index (χ0) is 11.2. The highest BCUT2D eigenvalue weighted by Crippen LogP contribution is 2.21. The van der Waals surface area contributed by atoms with Gasteiger partial charge in [0.1, 0.15) is 0 Å². The number of carbonyl (C=O) groups excluding carboxylic acids is 1. The van der Waals surface area contributed by atoms with Crippen LogP contribution in [0.1, 0.15) is 47.0 Å². The molecule has 0 bridgehead atoms. The van der Waals surface area contributed by atoms with Crippen molar-refractivity contribution in [3.8, 4) is 0 Å². The average molecular weight is 200 g/mol. The molecule has 1 heterocycles. The van der Waals surface area contributed by atoms with Crippen molar-refractivity contribution < 1.29 is 4.79 Å². The fourth-order valence-electron chi connectivity index (χ4n) is 1.62. The predicted octanol–water partition coefficient (Wildman–Crippen LogP) is 1.76. The number of hydrogen-bond donors (Lipinski definition) is 1. The van der Waals surface area contributed by atoms with E-state index >= 15 is 0 Å². The molecule has 0 aliphatic carbocycles. The molecular formula is C11H24N2O. The molecule has 0 spiro atoms. The average Bonchev–Trinajstić information content (AvgIpc) is 2.64. The number of rotatable bonds is 2. The first kappa shape index (κ1) is 13.4. The van der Waals surface area contributed by atoms with Crippen LogP contribution < -0.4 is 5.73 Å². The molecule has 84 valence electrons. The summed E-state index contributed by atoms with van der Waals surface area (Å²) in [4.78, 5) is 13.2. The number of carbonyl (C=O) groups is 1. The van der Waals surface area contributed by atoms with E-state index in [4.69, 9.17) is 5.73 Å². The molecule has 1 aliphatic rings. The summed E-state index contributed by atoms with van der Waals surface area (Å²) < 4.78 is 0. The molecule has 1 fully saturated rings. The molecule has 3 nitrogen and oxygen atoms in total. The van der Waals surface area contributed by atoms with Gasteiger partial charge in [-0.3, -0.25) is 4.79 Å². The number of nitrogens with zero attached hydrogens (tertiary/aromatic N) is 1. The Kier molecular flexibility index (Phi) is 5.77. The van der Waals surface area contributed by atoms with E-state index in [1.807, 2.05) is 25.7 Å². The van der Waals surface area contributed by atoms with Crippen LogP contribution in [-0.4, -0.2) is 29.4 Å².